The van der Waals surface area contributed by atoms with E-state index in [1.807, 2.05) is 13.1 Å². The van der Waals surface area contributed by atoms with E-state index in [0.29, 0.717) is 10.8 Å². The quantitative estimate of drug-likeness (QED) is 0.896. The molecule has 0 fully saturated rings. The molecule has 1 aliphatic rings. The molecule has 1 atom stereocenters. The molecular weight excluding hydrogens is 246 g/mol. The lowest BCUT2D eigenvalue weighted by atomic mass is 9.96. The second kappa shape index (κ2) is 5.02. The van der Waals surface area contributed by atoms with E-state index in [-0.39, 0.29) is 11.8 Å². The standard InChI is InChI=1S/C14H21NO2S/c1-10(2)11-6-7-14-12(9-11)13(15-3)5-4-8-18(14,16)17/h6-7,9-10,13,15H,4-5,8H2,1-3H3. The first-order valence-electron chi connectivity index (χ1n) is 6.49. The third-order valence-corrected chi connectivity index (χ3v) is 5.53. The third-order valence-electron chi connectivity index (χ3n) is 3.67. The summed E-state index contributed by atoms with van der Waals surface area (Å²) in [6, 6.07) is 5.94. The molecule has 2 rings (SSSR count). The molecule has 0 bridgehead atoms. The van der Waals surface area contributed by atoms with Gasteiger partial charge in [-0.3, -0.25) is 0 Å². The van der Waals surface area contributed by atoms with Gasteiger partial charge in [-0.15, -0.1) is 0 Å². The summed E-state index contributed by atoms with van der Waals surface area (Å²) < 4.78 is 24.4. The maximum Gasteiger partial charge on any atom is 0.178 e. The zero-order valence-electron chi connectivity index (χ0n) is 11.2. The molecule has 1 heterocycles. The van der Waals surface area contributed by atoms with Crippen molar-refractivity contribution in [2.45, 2.75) is 43.5 Å². The van der Waals surface area contributed by atoms with Crippen molar-refractivity contribution in [2.75, 3.05) is 12.8 Å². The number of hydrogen-bond donors (Lipinski definition) is 1. The van der Waals surface area contributed by atoms with Gasteiger partial charge >= 0.3 is 0 Å². The lowest BCUT2D eigenvalue weighted by Gasteiger charge is -2.18. The molecule has 0 aliphatic carbocycles. The van der Waals surface area contributed by atoms with Crippen LogP contribution in [0.15, 0.2) is 23.1 Å². The predicted molar refractivity (Wildman–Crippen MR) is 73.6 cm³/mol. The topological polar surface area (TPSA) is 46.2 Å². The molecule has 1 aromatic rings. The fraction of sp³-hybridized carbons (Fsp3) is 0.571. The zero-order chi connectivity index (χ0) is 13.3. The van der Waals surface area contributed by atoms with Gasteiger partial charge in [0.15, 0.2) is 9.84 Å². The van der Waals surface area contributed by atoms with Crippen molar-refractivity contribution in [3.8, 4) is 0 Å². The van der Waals surface area contributed by atoms with Crippen LogP contribution in [0.4, 0.5) is 0 Å². The highest BCUT2D eigenvalue weighted by Gasteiger charge is 2.27. The number of nitrogens with one attached hydrogen (secondary N) is 1. The molecule has 1 aromatic carbocycles. The van der Waals surface area contributed by atoms with Crippen molar-refractivity contribution in [2.24, 2.45) is 0 Å². The van der Waals surface area contributed by atoms with Crippen LogP contribution in [0.3, 0.4) is 0 Å². The Morgan fingerprint density at radius 1 is 1.33 bits per heavy atom. The Balaban J connectivity index is 2.61. The molecule has 0 spiro atoms. The maximum atomic E-state index is 12.2. The van der Waals surface area contributed by atoms with E-state index in [2.05, 4.69) is 25.2 Å². The number of sulfone groups is 1. The van der Waals surface area contributed by atoms with Crippen LogP contribution >= 0.6 is 0 Å². The van der Waals surface area contributed by atoms with Crippen molar-refractivity contribution in [1.82, 2.24) is 5.32 Å². The van der Waals surface area contributed by atoms with Crippen LogP contribution in [0.2, 0.25) is 0 Å². The average molecular weight is 267 g/mol. The summed E-state index contributed by atoms with van der Waals surface area (Å²) in [5, 5.41) is 3.24. The Hall–Kier alpha value is -0.870. The Morgan fingerprint density at radius 2 is 2.06 bits per heavy atom. The van der Waals surface area contributed by atoms with E-state index in [9.17, 15) is 8.42 Å². The van der Waals surface area contributed by atoms with Crippen molar-refractivity contribution >= 4 is 9.84 Å². The Kier molecular flexibility index (Phi) is 3.78. The van der Waals surface area contributed by atoms with Crippen LogP contribution in [0.5, 0.6) is 0 Å². The van der Waals surface area contributed by atoms with Gasteiger partial charge in [-0.2, -0.15) is 0 Å². The van der Waals surface area contributed by atoms with Gasteiger partial charge in [0.05, 0.1) is 10.6 Å². The second-order valence-electron chi connectivity index (χ2n) is 5.25. The fourth-order valence-electron chi connectivity index (χ4n) is 2.52. The third kappa shape index (κ3) is 2.45. The van der Waals surface area contributed by atoms with Crippen molar-refractivity contribution in [3.63, 3.8) is 0 Å². The van der Waals surface area contributed by atoms with E-state index in [4.69, 9.17) is 0 Å². The monoisotopic (exact) mass is 267 g/mol. The maximum absolute atomic E-state index is 12.2. The molecule has 0 saturated heterocycles. The SMILES string of the molecule is CNC1CCCS(=O)(=O)c2ccc(C(C)C)cc21. The minimum absolute atomic E-state index is 0.149. The molecule has 1 N–H and O–H groups in total. The molecule has 0 saturated carbocycles. The summed E-state index contributed by atoms with van der Waals surface area (Å²) in [6.45, 7) is 4.25. The van der Waals surface area contributed by atoms with Crippen LogP contribution in [0.1, 0.15) is 49.8 Å². The van der Waals surface area contributed by atoms with E-state index >= 15 is 0 Å². The van der Waals surface area contributed by atoms with E-state index in [1.54, 1.807) is 6.07 Å². The largest absolute Gasteiger partial charge is 0.313 e. The summed E-state index contributed by atoms with van der Waals surface area (Å²) in [6.07, 6.45) is 1.60. The van der Waals surface area contributed by atoms with E-state index in [1.165, 1.54) is 5.56 Å². The van der Waals surface area contributed by atoms with E-state index in [0.717, 1.165) is 18.4 Å². The minimum atomic E-state index is -3.10. The molecule has 0 amide bonds. The minimum Gasteiger partial charge on any atom is -0.313 e. The fourth-order valence-corrected chi connectivity index (χ4v) is 4.13. The number of hydrogen-bond acceptors (Lipinski definition) is 3. The van der Waals surface area contributed by atoms with Gasteiger partial charge in [-0.05, 0) is 43.0 Å². The van der Waals surface area contributed by atoms with Gasteiger partial charge in [0.1, 0.15) is 0 Å². The summed E-state index contributed by atoms with van der Waals surface area (Å²) in [7, 11) is -1.21. The summed E-state index contributed by atoms with van der Waals surface area (Å²) >= 11 is 0. The lowest BCUT2D eigenvalue weighted by molar-refractivity contribution is 0.540. The Morgan fingerprint density at radius 3 is 2.67 bits per heavy atom. The molecule has 0 aromatic heterocycles. The Bertz CT molecular complexity index is 535. The average Bonchev–Trinajstić information content (AvgIpc) is 2.45. The van der Waals surface area contributed by atoms with Crippen molar-refractivity contribution < 1.29 is 8.42 Å². The summed E-state index contributed by atoms with van der Waals surface area (Å²) in [5.74, 6) is 0.679. The Labute approximate surface area is 110 Å². The summed E-state index contributed by atoms with van der Waals surface area (Å²) in [4.78, 5) is 0.517. The van der Waals surface area contributed by atoms with Crippen LogP contribution in [-0.4, -0.2) is 21.2 Å². The number of benzene rings is 1. The lowest BCUT2D eigenvalue weighted by Crippen LogP contribution is -2.17. The summed E-state index contributed by atoms with van der Waals surface area (Å²) in [5.41, 5.74) is 2.15. The normalized spacial score (nSPS) is 22.6. The molecule has 3 nitrogen and oxygen atoms in total. The second-order valence-corrected chi connectivity index (χ2v) is 7.33. The van der Waals surface area contributed by atoms with Crippen LogP contribution in [0.25, 0.3) is 0 Å². The van der Waals surface area contributed by atoms with Gasteiger partial charge in [0, 0.05) is 6.04 Å². The molecule has 0 radical (unpaired) electrons. The zero-order valence-corrected chi connectivity index (χ0v) is 12.0. The molecule has 1 unspecified atom stereocenters. The number of fused-ring (bicyclic) bond motifs is 1. The van der Waals surface area contributed by atoms with Crippen LogP contribution < -0.4 is 5.32 Å². The molecule has 18 heavy (non-hydrogen) atoms. The highest BCUT2D eigenvalue weighted by Crippen LogP contribution is 2.33. The first-order valence-corrected chi connectivity index (χ1v) is 8.15. The van der Waals surface area contributed by atoms with Crippen molar-refractivity contribution in [3.05, 3.63) is 29.3 Å². The first-order chi connectivity index (χ1) is 8.45. The highest BCUT2D eigenvalue weighted by molar-refractivity contribution is 7.91. The molecule has 4 heteroatoms. The van der Waals surface area contributed by atoms with Gasteiger partial charge in [-0.25, -0.2) is 8.42 Å². The van der Waals surface area contributed by atoms with Gasteiger partial charge in [-0.1, -0.05) is 26.0 Å². The number of rotatable bonds is 2. The molecule has 1 aliphatic heterocycles. The van der Waals surface area contributed by atoms with Gasteiger partial charge in [0.2, 0.25) is 0 Å². The first kappa shape index (κ1) is 13.6. The van der Waals surface area contributed by atoms with Gasteiger partial charge in [0.25, 0.3) is 0 Å². The van der Waals surface area contributed by atoms with E-state index < -0.39 is 9.84 Å². The molecule has 100 valence electrons. The molecular formula is C14H21NO2S. The predicted octanol–water partition coefficient (Wildman–Crippen LogP) is 2.64. The van der Waals surface area contributed by atoms with Crippen molar-refractivity contribution in [1.29, 1.82) is 0 Å². The highest BCUT2D eigenvalue weighted by atomic mass is 32.2. The van der Waals surface area contributed by atoms with Crippen LogP contribution in [-0.2, 0) is 9.84 Å². The van der Waals surface area contributed by atoms with Gasteiger partial charge < -0.3 is 5.32 Å². The van der Waals surface area contributed by atoms with Crippen LogP contribution in [0, 0.1) is 0 Å². The smallest absolute Gasteiger partial charge is 0.178 e.